The van der Waals surface area contributed by atoms with Gasteiger partial charge < -0.3 is 9.84 Å². The van der Waals surface area contributed by atoms with Gasteiger partial charge in [0.05, 0.1) is 28.6 Å². The molecule has 11 heteroatoms. The number of nitrogens with one attached hydrogen (secondary N) is 1. The van der Waals surface area contributed by atoms with Gasteiger partial charge in [0.2, 0.25) is 0 Å². The van der Waals surface area contributed by atoms with E-state index in [-0.39, 0.29) is 23.1 Å². The van der Waals surface area contributed by atoms with Gasteiger partial charge >= 0.3 is 6.18 Å². The van der Waals surface area contributed by atoms with Crippen LogP contribution in [0.4, 0.5) is 13.2 Å². The lowest BCUT2D eigenvalue weighted by Gasteiger charge is -2.13. The van der Waals surface area contributed by atoms with E-state index in [0.29, 0.717) is 28.8 Å². The van der Waals surface area contributed by atoms with Crippen LogP contribution in [-0.2, 0) is 18.1 Å². The molecule has 0 aliphatic carbocycles. The zero-order valence-electron chi connectivity index (χ0n) is 19.5. The van der Waals surface area contributed by atoms with Crippen molar-refractivity contribution in [2.24, 2.45) is 0 Å². The Morgan fingerprint density at radius 3 is 2.46 bits per heavy atom. The number of pyridine rings is 1. The van der Waals surface area contributed by atoms with Crippen molar-refractivity contribution >= 4 is 5.91 Å². The highest BCUT2D eigenvalue weighted by Crippen LogP contribution is 2.32. The molecule has 35 heavy (non-hydrogen) atoms. The Balaban J connectivity index is 1.49. The maximum atomic E-state index is 13.2. The number of halogens is 3. The van der Waals surface area contributed by atoms with E-state index in [9.17, 15) is 18.0 Å². The molecule has 1 amide bonds. The summed E-state index contributed by atoms with van der Waals surface area (Å²) in [6.45, 7) is 7.34. The maximum Gasteiger partial charge on any atom is 0.416 e. The van der Waals surface area contributed by atoms with Gasteiger partial charge in [-0.1, -0.05) is 44.1 Å². The zero-order chi connectivity index (χ0) is 25.4. The molecule has 0 saturated carbocycles. The number of carbonyl (C=O) groups is 1. The third-order valence-corrected chi connectivity index (χ3v) is 5.33. The van der Waals surface area contributed by atoms with E-state index in [1.54, 1.807) is 25.3 Å². The van der Waals surface area contributed by atoms with E-state index in [1.165, 1.54) is 29.1 Å². The highest BCUT2D eigenvalue weighted by molar-refractivity contribution is 5.95. The first-order valence-corrected chi connectivity index (χ1v) is 10.7. The van der Waals surface area contributed by atoms with Crippen LogP contribution in [0.1, 0.15) is 53.8 Å². The first kappa shape index (κ1) is 24.1. The number of aromatic nitrogens is 5. The molecule has 0 aliphatic heterocycles. The van der Waals surface area contributed by atoms with E-state index >= 15 is 0 Å². The maximum absolute atomic E-state index is 13.2. The Morgan fingerprint density at radius 2 is 1.83 bits per heavy atom. The largest absolute Gasteiger partial charge is 0.416 e. The molecule has 0 saturated heterocycles. The molecule has 3 aromatic heterocycles. The lowest BCUT2D eigenvalue weighted by Crippen LogP contribution is -2.25. The fourth-order valence-corrected chi connectivity index (χ4v) is 3.37. The van der Waals surface area contributed by atoms with Crippen molar-refractivity contribution in [3.05, 3.63) is 77.0 Å². The zero-order valence-corrected chi connectivity index (χ0v) is 19.5. The molecule has 182 valence electrons. The summed E-state index contributed by atoms with van der Waals surface area (Å²) in [5.41, 5.74) is 0.279. The third kappa shape index (κ3) is 5.08. The third-order valence-electron chi connectivity index (χ3n) is 5.33. The summed E-state index contributed by atoms with van der Waals surface area (Å²) in [5, 5.41) is 10.8. The minimum Gasteiger partial charge on any atom is -0.348 e. The molecule has 1 aromatic carbocycles. The SMILES string of the molecule is Cc1c(C(=O)NCc2ccccc2C(F)(F)F)cnn1-c1ccc(-c2nc(C(C)(C)C)no2)cn1. The number of alkyl halides is 3. The highest BCUT2D eigenvalue weighted by atomic mass is 19.4. The van der Waals surface area contributed by atoms with Gasteiger partial charge in [0.15, 0.2) is 11.6 Å². The molecule has 8 nitrogen and oxygen atoms in total. The Labute approximate surface area is 199 Å². The monoisotopic (exact) mass is 484 g/mol. The van der Waals surface area contributed by atoms with Crippen LogP contribution in [0.25, 0.3) is 17.3 Å². The van der Waals surface area contributed by atoms with Gasteiger partial charge in [-0.15, -0.1) is 0 Å². The normalized spacial score (nSPS) is 12.1. The molecule has 0 fully saturated rings. The van der Waals surface area contributed by atoms with Crippen LogP contribution in [0.5, 0.6) is 0 Å². The van der Waals surface area contributed by atoms with Crippen LogP contribution in [0.3, 0.4) is 0 Å². The van der Waals surface area contributed by atoms with E-state index in [4.69, 9.17) is 4.52 Å². The summed E-state index contributed by atoms with van der Waals surface area (Å²) >= 11 is 0. The number of hydrogen-bond donors (Lipinski definition) is 1. The Bertz CT molecular complexity index is 1350. The molecule has 0 aliphatic rings. The minimum absolute atomic E-state index is 0.0220. The molecule has 0 unspecified atom stereocenters. The van der Waals surface area contributed by atoms with E-state index in [0.717, 1.165) is 6.07 Å². The lowest BCUT2D eigenvalue weighted by molar-refractivity contribution is -0.138. The topological polar surface area (TPSA) is 98.7 Å². The van der Waals surface area contributed by atoms with E-state index in [1.807, 2.05) is 20.8 Å². The average molecular weight is 484 g/mol. The van der Waals surface area contributed by atoms with Gasteiger partial charge in [-0.25, -0.2) is 9.67 Å². The van der Waals surface area contributed by atoms with Gasteiger partial charge in [0, 0.05) is 18.2 Å². The number of benzene rings is 1. The summed E-state index contributed by atoms with van der Waals surface area (Å²) in [6.07, 6.45) is -1.59. The molecule has 0 bridgehead atoms. The van der Waals surface area contributed by atoms with Gasteiger partial charge in [-0.05, 0) is 30.7 Å². The fourth-order valence-electron chi connectivity index (χ4n) is 3.37. The fraction of sp³-hybridized carbons (Fsp3) is 0.292. The smallest absolute Gasteiger partial charge is 0.348 e. The van der Waals surface area contributed by atoms with Gasteiger partial charge in [0.25, 0.3) is 11.8 Å². The van der Waals surface area contributed by atoms with Crippen LogP contribution in [-0.4, -0.2) is 30.8 Å². The highest BCUT2D eigenvalue weighted by Gasteiger charge is 2.33. The van der Waals surface area contributed by atoms with Gasteiger partial charge in [0.1, 0.15) is 0 Å². The van der Waals surface area contributed by atoms with Crippen LogP contribution < -0.4 is 5.32 Å². The van der Waals surface area contributed by atoms with Crippen molar-refractivity contribution in [2.45, 2.75) is 45.8 Å². The van der Waals surface area contributed by atoms with Crippen molar-refractivity contribution in [1.29, 1.82) is 0 Å². The number of carbonyl (C=O) groups excluding carboxylic acids is 1. The molecule has 3 heterocycles. The molecule has 0 atom stereocenters. The van der Waals surface area contributed by atoms with E-state index < -0.39 is 17.6 Å². The number of rotatable bonds is 5. The molecular weight excluding hydrogens is 461 g/mol. The summed E-state index contributed by atoms with van der Waals surface area (Å²) in [6, 6.07) is 8.56. The standard InChI is InChI=1S/C24H23F3N6O2/c1-14-17(20(34)29-11-15-7-5-6-8-18(15)24(25,26)27)13-30-33(14)19-10-9-16(12-28-19)21-31-22(32-35-21)23(2,3)4/h5-10,12-13H,11H2,1-4H3,(H,29,34). The lowest BCUT2D eigenvalue weighted by atomic mass is 9.96. The van der Waals surface area contributed by atoms with Crippen molar-refractivity contribution in [3.8, 4) is 17.3 Å². The second kappa shape index (κ2) is 8.97. The van der Waals surface area contributed by atoms with Crippen LogP contribution in [0.15, 0.2) is 53.3 Å². The second-order valence-corrected chi connectivity index (χ2v) is 8.97. The van der Waals surface area contributed by atoms with Crippen molar-refractivity contribution < 1.29 is 22.5 Å². The predicted octanol–water partition coefficient (Wildman–Crippen LogP) is 4.87. The Kier molecular flexibility index (Phi) is 6.18. The Morgan fingerprint density at radius 1 is 1.09 bits per heavy atom. The summed E-state index contributed by atoms with van der Waals surface area (Å²) in [5.74, 6) is 0.824. The molecule has 1 N–H and O–H groups in total. The van der Waals surface area contributed by atoms with Crippen molar-refractivity contribution in [1.82, 2.24) is 30.2 Å². The minimum atomic E-state index is -4.50. The first-order chi connectivity index (χ1) is 16.4. The summed E-state index contributed by atoms with van der Waals surface area (Å²) in [4.78, 5) is 21.5. The number of amides is 1. The second-order valence-electron chi connectivity index (χ2n) is 8.97. The van der Waals surface area contributed by atoms with Crippen LogP contribution >= 0.6 is 0 Å². The van der Waals surface area contributed by atoms with Crippen molar-refractivity contribution in [2.75, 3.05) is 0 Å². The van der Waals surface area contributed by atoms with Gasteiger partial charge in [-0.2, -0.15) is 23.3 Å². The molecule has 0 spiro atoms. The average Bonchev–Trinajstić information content (AvgIpc) is 3.45. The Hall–Kier alpha value is -4.02. The molecular formula is C24H23F3N6O2. The van der Waals surface area contributed by atoms with Crippen molar-refractivity contribution in [3.63, 3.8) is 0 Å². The molecule has 0 radical (unpaired) electrons. The molecule has 4 rings (SSSR count). The quantitative estimate of drug-likeness (QED) is 0.434. The first-order valence-electron chi connectivity index (χ1n) is 10.7. The van der Waals surface area contributed by atoms with Crippen LogP contribution in [0.2, 0.25) is 0 Å². The molecule has 4 aromatic rings. The van der Waals surface area contributed by atoms with Crippen LogP contribution in [0, 0.1) is 6.92 Å². The number of hydrogen-bond acceptors (Lipinski definition) is 6. The predicted molar refractivity (Wildman–Crippen MR) is 121 cm³/mol. The summed E-state index contributed by atoms with van der Waals surface area (Å²) in [7, 11) is 0. The summed E-state index contributed by atoms with van der Waals surface area (Å²) < 4.78 is 46.4. The number of nitrogens with zero attached hydrogens (tertiary/aromatic N) is 5. The van der Waals surface area contributed by atoms with Gasteiger partial charge in [-0.3, -0.25) is 4.79 Å². The van der Waals surface area contributed by atoms with E-state index in [2.05, 4.69) is 25.5 Å².